The lowest BCUT2D eigenvalue weighted by Gasteiger charge is -2.35. The van der Waals surface area contributed by atoms with Crippen molar-refractivity contribution in [2.45, 2.75) is 44.2 Å². The third kappa shape index (κ3) is 4.55. The number of fused-ring (bicyclic) bond motifs is 1. The lowest BCUT2D eigenvalue weighted by atomic mass is 10.0. The fourth-order valence-electron chi connectivity index (χ4n) is 4.55. The van der Waals surface area contributed by atoms with Crippen LogP contribution >= 0.6 is 0 Å². The highest BCUT2D eigenvalue weighted by Gasteiger charge is 2.37. The number of amides is 1. The van der Waals surface area contributed by atoms with Crippen LogP contribution < -0.4 is 4.90 Å². The van der Waals surface area contributed by atoms with Gasteiger partial charge in [-0.25, -0.2) is 17.2 Å². The second kappa shape index (κ2) is 8.18. The molecule has 4 rings (SSSR count). The molecule has 3 heterocycles. The number of hydrogen-bond acceptors (Lipinski definition) is 5. The molecule has 6 nitrogen and oxygen atoms in total. The van der Waals surface area contributed by atoms with Crippen LogP contribution in [0.5, 0.6) is 0 Å². The molecule has 0 saturated carbocycles. The summed E-state index contributed by atoms with van der Waals surface area (Å²) < 4.78 is 57.0. The Hall–Kier alpha value is -1.74. The Morgan fingerprint density at radius 3 is 2.69 bits per heavy atom. The molecular formula is C20H26F2N2O4S. The number of benzene rings is 1. The molecule has 160 valence electrons. The van der Waals surface area contributed by atoms with Crippen molar-refractivity contribution in [1.29, 1.82) is 0 Å². The van der Waals surface area contributed by atoms with Crippen LogP contribution in [0.2, 0.25) is 0 Å². The van der Waals surface area contributed by atoms with E-state index in [0.29, 0.717) is 43.8 Å². The van der Waals surface area contributed by atoms with Crippen LogP contribution in [0.15, 0.2) is 12.1 Å². The third-order valence-electron chi connectivity index (χ3n) is 6.06. The highest BCUT2D eigenvalue weighted by Crippen LogP contribution is 2.30. The first kappa shape index (κ1) is 20.5. The van der Waals surface area contributed by atoms with Crippen molar-refractivity contribution in [3.63, 3.8) is 0 Å². The van der Waals surface area contributed by atoms with Crippen LogP contribution in [-0.4, -0.2) is 69.1 Å². The predicted octanol–water partition coefficient (Wildman–Crippen LogP) is 1.91. The second-order valence-electron chi connectivity index (χ2n) is 8.16. The minimum Gasteiger partial charge on any atom is -0.376 e. The van der Waals surface area contributed by atoms with Gasteiger partial charge < -0.3 is 14.5 Å². The zero-order valence-electron chi connectivity index (χ0n) is 16.3. The van der Waals surface area contributed by atoms with Gasteiger partial charge in [-0.1, -0.05) is 0 Å². The Balaban J connectivity index is 1.53. The van der Waals surface area contributed by atoms with Gasteiger partial charge in [0.05, 0.1) is 24.2 Å². The maximum Gasteiger partial charge on any atom is 0.242 e. The van der Waals surface area contributed by atoms with E-state index in [4.69, 9.17) is 4.74 Å². The molecular weight excluding hydrogens is 402 g/mol. The zero-order chi connectivity index (χ0) is 20.6. The molecule has 2 saturated heterocycles. The third-order valence-corrected chi connectivity index (χ3v) is 7.81. The molecule has 0 radical (unpaired) electrons. The number of halogens is 2. The highest BCUT2D eigenvalue weighted by atomic mass is 32.2. The minimum atomic E-state index is -3.14. The fraction of sp³-hybridized carbons (Fsp3) is 0.650. The maximum absolute atomic E-state index is 13.8. The first-order valence-corrected chi connectivity index (χ1v) is 12.0. The van der Waals surface area contributed by atoms with Crippen LogP contribution in [0.3, 0.4) is 0 Å². The van der Waals surface area contributed by atoms with Crippen molar-refractivity contribution >= 4 is 21.4 Å². The van der Waals surface area contributed by atoms with Crippen LogP contribution in [-0.2, 0) is 25.8 Å². The molecule has 0 bridgehead atoms. The number of sulfone groups is 1. The summed E-state index contributed by atoms with van der Waals surface area (Å²) in [7, 11) is -3.14. The Labute approximate surface area is 169 Å². The number of hydrogen-bond donors (Lipinski definition) is 0. The van der Waals surface area contributed by atoms with Crippen molar-refractivity contribution in [2.24, 2.45) is 0 Å². The predicted molar refractivity (Wildman–Crippen MR) is 105 cm³/mol. The Morgan fingerprint density at radius 1 is 1.21 bits per heavy atom. The topological polar surface area (TPSA) is 66.9 Å². The summed E-state index contributed by atoms with van der Waals surface area (Å²) in [6.45, 7) is 1.61. The van der Waals surface area contributed by atoms with Gasteiger partial charge in [-0.3, -0.25) is 4.79 Å². The summed E-state index contributed by atoms with van der Waals surface area (Å²) in [6.07, 6.45) is 3.51. The molecule has 2 fully saturated rings. The van der Waals surface area contributed by atoms with E-state index in [2.05, 4.69) is 0 Å². The molecule has 2 unspecified atom stereocenters. The summed E-state index contributed by atoms with van der Waals surface area (Å²) in [4.78, 5) is 16.6. The van der Waals surface area contributed by atoms with Crippen molar-refractivity contribution in [3.8, 4) is 0 Å². The average molecular weight is 429 g/mol. The number of carbonyl (C=O) groups excluding carboxylic acids is 1. The number of rotatable bonds is 5. The average Bonchev–Trinajstić information content (AvgIpc) is 3.30. The van der Waals surface area contributed by atoms with Gasteiger partial charge in [0.2, 0.25) is 5.91 Å². The Bertz CT molecular complexity index is 887. The zero-order valence-corrected chi connectivity index (χ0v) is 17.1. The van der Waals surface area contributed by atoms with E-state index in [1.54, 1.807) is 9.80 Å². The summed E-state index contributed by atoms with van der Waals surface area (Å²) >= 11 is 0. The van der Waals surface area contributed by atoms with Crippen molar-refractivity contribution < 1.29 is 26.7 Å². The van der Waals surface area contributed by atoms with E-state index >= 15 is 0 Å². The summed E-state index contributed by atoms with van der Waals surface area (Å²) in [6, 6.07) is 2.00. The van der Waals surface area contributed by atoms with E-state index < -0.39 is 21.5 Å². The molecule has 0 N–H and O–H groups in total. The van der Waals surface area contributed by atoms with Crippen LogP contribution in [0.25, 0.3) is 0 Å². The molecule has 1 aromatic carbocycles. The first-order chi connectivity index (χ1) is 13.8. The quantitative estimate of drug-likeness (QED) is 0.717. The summed E-state index contributed by atoms with van der Waals surface area (Å²) in [5, 5.41) is 0. The number of aryl methyl sites for hydroxylation is 1. The number of anilines is 1. The minimum absolute atomic E-state index is 0.0152. The van der Waals surface area contributed by atoms with Gasteiger partial charge in [0.25, 0.3) is 0 Å². The van der Waals surface area contributed by atoms with Crippen molar-refractivity contribution in [2.75, 3.05) is 42.6 Å². The highest BCUT2D eigenvalue weighted by molar-refractivity contribution is 7.91. The number of nitrogens with zero attached hydrogens (tertiary/aromatic N) is 2. The van der Waals surface area contributed by atoms with E-state index in [9.17, 15) is 22.0 Å². The van der Waals surface area contributed by atoms with E-state index in [1.807, 2.05) is 0 Å². The van der Waals surface area contributed by atoms with Gasteiger partial charge in [-0.15, -0.1) is 0 Å². The smallest absolute Gasteiger partial charge is 0.242 e. The molecule has 0 aromatic heterocycles. The van der Waals surface area contributed by atoms with Gasteiger partial charge in [0.15, 0.2) is 21.5 Å². The molecule has 1 amide bonds. The van der Waals surface area contributed by atoms with Gasteiger partial charge in [0, 0.05) is 37.5 Å². The van der Waals surface area contributed by atoms with Gasteiger partial charge in [-0.05, 0) is 43.7 Å². The van der Waals surface area contributed by atoms with Crippen LogP contribution in [0.4, 0.5) is 14.5 Å². The number of carbonyl (C=O) groups is 1. The molecule has 29 heavy (non-hydrogen) atoms. The normalized spacial score (nSPS) is 25.8. The molecule has 0 spiro atoms. The van der Waals surface area contributed by atoms with Crippen molar-refractivity contribution in [3.05, 3.63) is 29.3 Å². The van der Waals surface area contributed by atoms with Crippen LogP contribution in [0.1, 0.15) is 31.2 Å². The molecule has 3 aliphatic heterocycles. The standard InChI is InChI=1S/C20H26F2N2O4S/c21-17-9-14-3-1-6-23(19(14)10-18(17)22)12-20(25)24(11-16-4-2-7-28-16)15-5-8-29(26,27)13-15/h9-10,15-16H,1-8,11-13H2. The molecule has 9 heteroatoms. The largest absolute Gasteiger partial charge is 0.376 e. The molecule has 0 aliphatic carbocycles. The van der Waals surface area contributed by atoms with E-state index in [0.717, 1.165) is 25.3 Å². The summed E-state index contributed by atoms with van der Waals surface area (Å²) in [5.74, 6) is -1.94. The SMILES string of the molecule is O=C(CN1CCCc2cc(F)c(F)cc21)N(CC1CCCO1)C1CCS(=O)(=O)C1. The maximum atomic E-state index is 13.8. The van der Waals surface area contributed by atoms with Gasteiger partial charge in [-0.2, -0.15) is 0 Å². The van der Waals surface area contributed by atoms with Crippen LogP contribution in [0, 0.1) is 11.6 Å². The lowest BCUT2D eigenvalue weighted by molar-refractivity contribution is -0.133. The number of ether oxygens (including phenoxy) is 1. The van der Waals surface area contributed by atoms with Gasteiger partial charge >= 0.3 is 0 Å². The van der Waals surface area contributed by atoms with Crippen molar-refractivity contribution in [1.82, 2.24) is 4.90 Å². The lowest BCUT2D eigenvalue weighted by Crippen LogP contribution is -2.50. The summed E-state index contributed by atoms with van der Waals surface area (Å²) in [5.41, 5.74) is 1.23. The fourth-order valence-corrected chi connectivity index (χ4v) is 6.29. The molecule has 2 atom stereocenters. The first-order valence-electron chi connectivity index (χ1n) is 10.2. The molecule has 1 aromatic rings. The van der Waals surface area contributed by atoms with Gasteiger partial charge in [0.1, 0.15) is 0 Å². The molecule has 3 aliphatic rings. The Morgan fingerprint density at radius 2 is 2.00 bits per heavy atom. The second-order valence-corrected chi connectivity index (χ2v) is 10.4. The Kier molecular flexibility index (Phi) is 5.79. The van der Waals surface area contributed by atoms with E-state index in [-0.39, 0.29) is 36.1 Å². The monoisotopic (exact) mass is 428 g/mol. The van der Waals surface area contributed by atoms with E-state index in [1.165, 1.54) is 6.07 Å².